The minimum Gasteiger partial charge on any atom is -0.468 e. The van der Waals surface area contributed by atoms with E-state index in [0.717, 1.165) is 0 Å². The van der Waals surface area contributed by atoms with Crippen LogP contribution in [0, 0.1) is 6.92 Å². The molecule has 0 saturated heterocycles. The van der Waals surface area contributed by atoms with Gasteiger partial charge in [-0.1, -0.05) is 0 Å². The Labute approximate surface area is 83.9 Å². The van der Waals surface area contributed by atoms with Crippen molar-refractivity contribution < 1.29 is 22.7 Å². The van der Waals surface area contributed by atoms with Crippen LogP contribution in [0.5, 0.6) is 5.88 Å². The summed E-state index contributed by atoms with van der Waals surface area (Å²) in [7, 11) is 0. The number of aryl methyl sites for hydroxylation is 1. The molecule has 1 aromatic heterocycles. The highest BCUT2D eigenvalue weighted by molar-refractivity contribution is 5.76. The van der Waals surface area contributed by atoms with Crippen LogP contribution < -0.4 is 4.74 Å². The molecule has 0 saturated carbocycles. The van der Waals surface area contributed by atoms with E-state index in [4.69, 9.17) is 0 Å². The van der Waals surface area contributed by atoms with Crippen molar-refractivity contribution in [3.05, 3.63) is 23.4 Å². The van der Waals surface area contributed by atoms with Gasteiger partial charge in [0.25, 0.3) is 0 Å². The molecule has 0 N–H and O–H groups in total. The molecule has 1 aromatic rings. The molecule has 0 amide bonds. The van der Waals surface area contributed by atoms with Crippen molar-refractivity contribution >= 4 is 6.29 Å². The van der Waals surface area contributed by atoms with Crippen LogP contribution in [0.15, 0.2) is 12.3 Å². The summed E-state index contributed by atoms with van der Waals surface area (Å²) < 4.78 is 39.7. The van der Waals surface area contributed by atoms with E-state index in [0.29, 0.717) is 17.4 Å². The Morgan fingerprint density at radius 1 is 1.53 bits per heavy atom. The number of rotatable bonds is 3. The van der Waals surface area contributed by atoms with Crippen molar-refractivity contribution in [2.75, 3.05) is 6.61 Å². The predicted molar refractivity (Wildman–Crippen MR) is 45.9 cm³/mol. The largest absolute Gasteiger partial charge is 0.468 e. The molecule has 0 aliphatic rings. The molecule has 0 aliphatic carbocycles. The summed E-state index contributed by atoms with van der Waals surface area (Å²) >= 11 is 0. The maximum absolute atomic E-state index is 11.8. The van der Waals surface area contributed by atoms with Crippen LogP contribution >= 0.6 is 0 Å². The zero-order chi connectivity index (χ0) is 11.5. The molecular formula is C9H8F3NO2. The second-order valence-electron chi connectivity index (χ2n) is 2.90. The van der Waals surface area contributed by atoms with E-state index in [-0.39, 0.29) is 5.88 Å². The molecule has 1 rings (SSSR count). The first kappa shape index (κ1) is 11.5. The van der Waals surface area contributed by atoms with Crippen molar-refractivity contribution in [1.82, 2.24) is 4.98 Å². The van der Waals surface area contributed by atoms with Crippen molar-refractivity contribution in [2.45, 2.75) is 13.1 Å². The number of hydrogen-bond acceptors (Lipinski definition) is 3. The first-order valence-electron chi connectivity index (χ1n) is 4.04. The smallest absolute Gasteiger partial charge is 0.422 e. The van der Waals surface area contributed by atoms with Crippen LogP contribution in [-0.4, -0.2) is 24.1 Å². The molecule has 0 bridgehead atoms. The number of halogens is 3. The van der Waals surface area contributed by atoms with Gasteiger partial charge in [-0.25, -0.2) is 4.98 Å². The molecule has 82 valence electrons. The van der Waals surface area contributed by atoms with E-state index in [9.17, 15) is 18.0 Å². The van der Waals surface area contributed by atoms with E-state index in [2.05, 4.69) is 9.72 Å². The van der Waals surface area contributed by atoms with Gasteiger partial charge in [0, 0.05) is 17.8 Å². The number of carbonyl (C=O) groups excluding carboxylic acids is 1. The van der Waals surface area contributed by atoms with Crippen molar-refractivity contribution in [1.29, 1.82) is 0 Å². The first-order valence-corrected chi connectivity index (χ1v) is 4.04. The fourth-order valence-corrected chi connectivity index (χ4v) is 0.899. The van der Waals surface area contributed by atoms with Crippen LogP contribution in [0.3, 0.4) is 0 Å². The number of aromatic nitrogens is 1. The zero-order valence-electron chi connectivity index (χ0n) is 7.84. The van der Waals surface area contributed by atoms with Crippen molar-refractivity contribution in [3.8, 4) is 5.88 Å². The third-order valence-corrected chi connectivity index (χ3v) is 1.64. The van der Waals surface area contributed by atoms with Crippen LogP contribution in [-0.2, 0) is 0 Å². The molecular weight excluding hydrogens is 211 g/mol. The Morgan fingerprint density at radius 3 is 2.67 bits per heavy atom. The Kier molecular flexibility index (Phi) is 3.28. The molecule has 15 heavy (non-hydrogen) atoms. The quantitative estimate of drug-likeness (QED) is 0.731. The molecule has 6 heteroatoms. The summed E-state index contributed by atoms with van der Waals surface area (Å²) in [6.45, 7) is 0.200. The minimum atomic E-state index is -4.39. The summed E-state index contributed by atoms with van der Waals surface area (Å²) in [5.74, 6) is -0.143. The lowest BCUT2D eigenvalue weighted by Gasteiger charge is -2.08. The molecule has 0 aliphatic heterocycles. The third kappa shape index (κ3) is 3.57. The number of nitrogens with zero attached hydrogens (tertiary/aromatic N) is 1. The van der Waals surface area contributed by atoms with Gasteiger partial charge in [-0.15, -0.1) is 0 Å². The molecule has 0 unspecified atom stereocenters. The van der Waals surface area contributed by atoms with Gasteiger partial charge in [-0.3, -0.25) is 4.79 Å². The fraction of sp³-hybridized carbons (Fsp3) is 0.333. The summed E-state index contributed by atoms with van der Waals surface area (Å²) in [6.07, 6.45) is -2.64. The van der Waals surface area contributed by atoms with Gasteiger partial charge in [0.15, 0.2) is 12.9 Å². The summed E-state index contributed by atoms with van der Waals surface area (Å²) in [5.41, 5.74) is 0.853. The Balaban J connectivity index is 2.72. The molecule has 3 nitrogen and oxygen atoms in total. The Morgan fingerprint density at radius 2 is 2.20 bits per heavy atom. The lowest BCUT2D eigenvalue weighted by Crippen LogP contribution is -2.19. The van der Waals surface area contributed by atoms with Crippen LogP contribution in [0.4, 0.5) is 13.2 Å². The van der Waals surface area contributed by atoms with E-state index in [1.54, 1.807) is 6.92 Å². The standard InChI is InChI=1S/C9H8F3NO2/c1-6-2-8(13-3-7(6)4-14)15-5-9(10,11)12/h2-4H,5H2,1H3. The molecule has 0 spiro atoms. The second-order valence-corrected chi connectivity index (χ2v) is 2.90. The summed E-state index contributed by atoms with van der Waals surface area (Å²) in [5, 5.41) is 0. The normalized spacial score (nSPS) is 11.2. The fourth-order valence-electron chi connectivity index (χ4n) is 0.899. The maximum Gasteiger partial charge on any atom is 0.422 e. The molecule has 0 radical (unpaired) electrons. The number of carbonyl (C=O) groups is 1. The topological polar surface area (TPSA) is 39.2 Å². The molecule has 0 aromatic carbocycles. The van der Waals surface area contributed by atoms with E-state index in [1.807, 2.05) is 0 Å². The van der Waals surface area contributed by atoms with Gasteiger partial charge in [0.05, 0.1) is 0 Å². The average molecular weight is 219 g/mol. The maximum atomic E-state index is 11.8. The third-order valence-electron chi connectivity index (χ3n) is 1.64. The van der Waals surface area contributed by atoms with Crippen LogP contribution in [0.1, 0.15) is 15.9 Å². The van der Waals surface area contributed by atoms with Crippen molar-refractivity contribution in [2.24, 2.45) is 0 Å². The van der Waals surface area contributed by atoms with Crippen LogP contribution in [0.2, 0.25) is 0 Å². The Bertz CT molecular complexity index is 363. The molecule has 1 heterocycles. The summed E-state index contributed by atoms with van der Waals surface area (Å²) in [4.78, 5) is 14.0. The van der Waals surface area contributed by atoms with Gasteiger partial charge >= 0.3 is 6.18 Å². The molecule has 0 fully saturated rings. The second kappa shape index (κ2) is 4.29. The summed E-state index contributed by atoms with van der Waals surface area (Å²) in [6, 6.07) is 1.29. The monoisotopic (exact) mass is 219 g/mol. The molecule has 0 atom stereocenters. The number of hydrogen-bond donors (Lipinski definition) is 0. The minimum absolute atomic E-state index is 0.143. The van der Waals surface area contributed by atoms with Gasteiger partial charge in [-0.2, -0.15) is 13.2 Å². The first-order chi connectivity index (χ1) is 6.92. The number of aldehydes is 1. The number of pyridine rings is 1. The van der Waals surface area contributed by atoms with Gasteiger partial charge in [0.2, 0.25) is 5.88 Å². The van der Waals surface area contributed by atoms with Crippen molar-refractivity contribution in [3.63, 3.8) is 0 Å². The van der Waals surface area contributed by atoms with E-state index in [1.165, 1.54) is 12.3 Å². The highest BCUT2D eigenvalue weighted by Crippen LogP contribution is 2.18. The van der Waals surface area contributed by atoms with Gasteiger partial charge in [-0.05, 0) is 12.5 Å². The highest BCUT2D eigenvalue weighted by Gasteiger charge is 2.28. The predicted octanol–water partition coefficient (Wildman–Crippen LogP) is 2.14. The van der Waals surface area contributed by atoms with Gasteiger partial charge < -0.3 is 4.74 Å². The lowest BCUT2D eigenvalue weighted by atomic mass is 10.2. The van der Waals surface area contributed by atoms with Gasteiger partial charge in [0.1, 0.15) is 0 Å². The lowest BCUT2D eigenvalue weighted by molar-refractivity contribution is -0.154. The SMILES string of the molecule is Cc1cc(OCC(F)(F)F)ncc1C=O. The Hall–Kier alpha value is -1.59. The zero-order valence-corrected chi connectivity index (χ0v) is 7.84. The van der Waals surface area contributed by atoms with Crippen LogP contribution in [0.25, 0.3) is 0 Å². The average Bonchev–Trinajstić information content (AvgIpc) is 2.14. The van der Waals surface area contributed by atoms with E-state index < -0.39 is 12.8 Å². The number of alkyl halides is 3. The highest BCUT2D eigenvalue weighted by atomic mass is 19.4. The number of ether oxygens (including phenoxy) is 1. The van der Waals surface area contributed by atoms with E-state index >= 15 is 0 Å².